The lowest BCUT2D eigenvalue weighted by Gasteiger charge is -2.34. The molecular weight excluding hydrogens is 952 g/mol. The Morgan fingerprint density at radius 3 is 1.68 bits per heavy atom. The van der Waals surface area contributed by atoms with Gasteiger partial charge in [-0.15, -0.1) is 15.0 Å². The number of carbonyl (C=O) groups is 1. The van der Waals surface area contributed by atoms with Gasteiger partial charge in [-0.1, -0.05) is 231 Å². The number of aryl methyl sites for hydroxylation is 2. The fourth-order valence-corrected chi connectivity index (χ4v) is 9.81. The fourth-order valence-electron chi connectivity index (χ4n) is 9.53. The summed E-state index contributed by atoms with van der Waals surface area (Å²) in [5.41, 5.74) is 9.28. The van der Waals surface area contributed by atoms with Crippen LogP contribution in [0, 0.1) is 0 Å². The van der Waals surface area contributed by atoms with E-state index >= 15 is 0 Å². The Kier molecular flexibility index (Phi) is 16.0. The highest BCUT2D eigenvalue weighted by molar-refractivity contribution is 6.32. The van der Waals surface area contributed by atoms with Gasteiger partial charge in [-0.05, 0) is 86.7 Å². The fraction of sp³-hybridized carbons (Fsp3) is 0.172. The van der Waals surface area contributed by atoms with E-state index in [1.165, 1.54) is 0 Å². The van der Waals surface area contributed by atoms with Crippen molar-refractivity contribution in [3.8, 4) is 34.0 Å². The maximum absolute atomic E-state index is 14.0. The number of halogens is 1. The molecule has 0 saturated heterocycles. The summed E-state index contributed by atoms with van der Waals surface area (Å²) in [6.07, 6.45) is 3.77. The Bertz CT molecular complexity index is 3330. The van der Waals surface area contributed by atoms with E-state index < -0.39 is 11.5 Å². The average molecular weight is 1010 g/mol. The SMILES string of the molecule is CCCCc1nc(Cl)c(C(=O)OCCCc2ccc(OCc3ccccc3)c(OCc3ccccc3)c2)n1Cc1ccc(-c2ccccc2-c2nnn(C(c3ccccc3)(c3ccccc3)c3ccccc3)n2)cc1. The van der Waals surface area contributed by atoms with Gasteiger partial charge in [-0.25, -0.2) is 9.78 Å². The largest absolute Gasteiger partial charge is 0.485 e. The molecule has 0 radical (unpaired) electrons. The van der Waals surface area contributed by atoms with Crippen molar-refractivity contribution < 1.29 is 19.0 Å². The number of carbonyl (C=O) groups excluding carboxylic acids is 1. The van der Waals surface area contributed by atoms with E-state index in [2.05, 4.69) is 73.7 Å². The van der Waals surface area contributed by atoms with Crippen LogP contribution in [0.1, 0.15) is 81.4 Å². The van der Waals surface area contributed by atoms with Gasteiger partial charge in [0.25, 0.3) is 0 Å². The first-order valence-corrected chi connectivity index (χ1v) is 25.9. The Balaban J connectivity index is 0.853. The summed E-state index contributed by atoms with van der Waals surface area (Å²) in [5.74, 6) is 2.06. The molecule has 11 heteroatoms. The molecule has 0 N–H and O–H groups in total. The summed E-state index contributed by atoms with van der Waals surface area (Å²) in [7, 11) is 0. The highest BCUT2D eigenvalue weighted by atomic mass is 35.5. The molecule has 0 atom stereocenters. The Morgan fingerprint density at radius 1 is 0.560 bits per heavy atom. The molecule has 0 fully saturated rings. The van der Waals surface area contributed by atoms with Gasteiger partial charge in [0.1, 0.15) is 19.0 Å². The monoisotopic (exact) mass is 1010 g/mol. The average Bonchev–Trinajstić information content (AvgIpc) is 4.09. The third-order valence-electron chi connectivity index (χ3n) is 13.3. The van der Waals surface area contributed by atoms with Crippen LogP contribution in [0.25, 0.3) is 22.5 Å². The van der Waals surface area contributed by atoms with Crippen molar-refractivity contribution in [1.29, 1.82) is 0 Å². The number of esters is 1. The van der Waals surface area contributed by atoms with Crippen LogP contribution >= 0.6 is 11.6 Å². The van der Waals surface area contributed by atoms with Crippen LogP contribution in [-0.4, -0.2) is 42.3 Å². The summed E-state index contributed by atoms with van der Waals surface area (Å²) in [6.45, 7) is 3.53. The first-order valence-electron chi connectivity index (χ1n) is 25.5. The second-order valence-electron chi connectivity index (χ2n) is 18.4. The number of imidazole rings is 1. The highest BCUT2D eigenvalue weighted by Gasteiger charge is 2.41. The van der Waals surface area contributed by atoms with E-state index in [1.807, 2.05) is 156 Å². The van der Waals surface area contributed by atoms with Crippen molar-refractivity contribution in [2.75, 3.05) is 6.61 Å². The number of benzene rings is 8. The van der Waals surface area contributed by atoms with E-state index in [0.717, 1.165) is 74.3 Å². The lowest BCUT2D eigenvalue weighted by atomic mass is 9.77. The van der Waals surface area contributed by atoms with Gasteiger partial charge in [-0.3, -0.25) is 0 Å². The predicted octanol–water partition coefficient (Wildman–Crippen LogP) is 14.0. The van der Waals surface area contributed by atoms with Crippen LogP contribution in [0.15, 0.2) is 218 Å². The molecule has 374 valence electrons. The van der Waals surface area contributed by atoms with Gasteiger partial charge in [0, 0.05) is 18.5 Å². The molecule has 0 aliphatic rings. The van der Waals surface area contributed by atoms with Gasteiger partial charge in [0.15, 0.2) is 27.9 Å². The normalized spacial score (nSPS) is 11.3. The minimum Gasteiger partial charge on any atom is -0.485 e. The van der Waals surface area contributed by atoms with Crippen LogP contribution in [0.4, 0.5) is 0 Å². The Hall–Kier alpha value is -8.60. The molecule has 10 nitrogen and oxygen atoms in total. The van der Waals surface area contributed by atoms with Crippen LogP contribution in [0.2, 0.25) is 5.15 Å². The molecule has 0 aliphatic carbocycles. The van der Waals surface area contributed by atoms with E-state index in [9.17, 15) is 4.79 Å². The molecule has 2 aromatic heterocycles. The topological polar surface area (TPSA) is 106 Å². The first kappa shape index (κ1) is 50.0. The van der Waals surface area contributed by atoms with E-state index in [1.54, 1.807) is 4.80 Å². The highest BCUT2D eigenvalue weighted by Crippen LogP contribution is 2.41. The van der Waals surface area contributed by atoms with E-state index in [0.29, 0.717) is 56.3 Å². The third-order valence-corrected chi connectivity index (χ3v) is 13.6. The van der Waals surface area contributed by atoms with Crippen molar-refractivity contribution in [2.24, 2.45) is 0 Å². The van der Waals surface area contributed by atoms with Crippen molar-refractivity contribution in [1.82, 2.24) is 29.8 Å². The quantitative estimate of drug-likeness (QED) is 0.0375. The smallest absolute Gasteiger partial charge is 0.358 e. The number of nitrogens with zero attached hydrogens (tertiary/aromatic N) is 6. The summed E-state index contributed by atoms with van der Waals surface area (Å²) >= 11 is 6.81. The Morgan fingerprint density at radius 2 is 1.09 bits per heavy atom. The van der Waals surface area contributed by atoms with E-state index in [4.69, 9.17) is 46.2 Å². The van der Waals surface area contributed by atoms with Crippen molar-refractivity contribution >= 4 is 17.6 Å². The molecule has 0 spiro atoms. The second kappa shape index (κ2) is 24.0. The number of tetrazole rings is 1. The summed E-state index contributed by atoms with van der Waals surface area (Å²) < 4.78 is 20.4. The third kappa shape index (κ3) is 11.5. The molecule has 10 rings (SSSR count). The maximum Gasteiger partial charge on any atom is 0.358 e. The van der Waals surface area contributed by atoms with Gasteiger partial charge >= 0.3 is 5.97 Å². The molecule has 0 amide bonds. The van der Waals surface area contributed by atoms with Crippen molar-refractivity contribution in [3.05, 3.63) is 274 Å². The molecule has 0 aliphatic heterocycles. The van der Waals surface area contributed by atoms with Crippen LogP contribution in [0.3, 0.4) is 0 Å². The summed E-state index contributed by atoms with van der Waals surface area (Å²) in [4.78, 5) is 20.4. The molecule has 10 aromatic rings. The molecule has 8 aromatic carbocycles. The molecule has 75 heavy (non-hydrogen) atoms. The lowest BCUT2D eigenvalue weighted by Crippen LogP contribution is -2.39. The second-order valence-corrected chi connectivity index (χ2v) is 18.7. The van der Waals surface area contributed by atoms with Crippen LogP contribution in [-0.2, 0) is 42.9 Å². The lowest BCUT2D eigenvalue weighted by molar-refractivity contribution is 0.0488. The van der Waals surface area contributed by atoms with Crippen LogP contribution < -0.4 is 9.47 Å². The van der Waals surface area contributed by atoms with Gasteiger partial charge in [-0.2, -0.15) is 0 Å². The maximum atomic E-state index is 14.0. The molecule has 0 bridgehead atoms. The summed E-state index contributed by atoms with van der Waals surface area (Å²) in [5, 5.41) is 14.9. The van der Waals surface area contributed by atoms with Gasteiger partial charge in [0.2, 0.25) is 5.82 Å². The van der Waals surface area contributed by atoms with Crippen molar-refractivity contribution in [3.63, 3.8) is 0 Å². The van der Waals surface area contributed by atoms with E-state index in [-0.39, 0.29) is 17.5 Å². The van der Waals surface area contributed by atoms with Crippen molar-refractivity contribution in [2.45, 2.75) is 64.3 Å². The number of hydrogen-bond donors (Lipinski definition) is 0. The number of hydrogen-bond acceptors (Lipinski definition) is 8. The van der Waals surface area contributed by atoms with Crippen LogP contribution in [0.5, 0.6) is 11.5 Å². The molecule has 2 heterocycles. The van der Waals surface area contributed by atoms with Gasteiger partial charge in [0.05, 0.1) is 6.61 Å². The molecular formula is C64H57ClN6O4. The molecule has 0 saturated carbocycles. The number of rotatable bonds is 22. The Labute approximate surface area is 443 Å². The molecule has 0 unspecified atom stereocenters. The van der Waals surface area contributed by atoms with Gasteiger partial charge < -0.3 is 18.8 Å². The first-order chi connectivity index (χ1) is 37.0. The number of ether oxygens (including phenoxy) is 3. The number of unbranched alkanes of at least 4 members (excludes halogenated alkanes) is 1. The standard InChI is InChI=1S/C64H57ClN6O4/c1-2-3-35-59-66-61(65)60(63(72)73-42-21-26-47-38-41-57(74-45-49-22-9-4-10-23-49)58(43-47)75-46-50-24-11-5-12-25-50)70(59)44-48-36-39-51(40-37-48)55-33-19-20-34-56(55)62-67-69-71(68-62)64(52-27-13-6-14-28-52,53-29-15-7-16-30-53)54-31-17-8-18-32-54/h4-20,22-25,27-34,36-41,43H,2-3,21,26,35,42,44-46H2,1H3. The number of aromatic nitrogens is 6. The minimum atomic E-state index is -0.904. The summed E-state index contributed by atoms with van der Waals surface area (Å²) in [6, 6.07) is 73.5. The minimum absolute atomic E-state index is 0.138. The zero-order valence-electron chi connectivity index (χ0n) is 41.8. The zero-order valence-corrected chi connectivity index (χ0v) is 42.6. The predicted molar refractivity (Wildman–Crippen MR) is 295 cm³/mol. The zero-order chi connectivity index (χ0) is 51.2.